The van der Waals surface area contributed by atoms with Crippen LogP contribution in [0.5, 0.6) is 0 Å². The summed E-state index contributed by atoms with van der Waals surface area (Å²) in [5.74, 6) is 0.443. The second-order valence-corrected chi connectivity index (χ2v) is 5.46. The molecule has 1 saturated carbocycles. The molecule has 104 valence electrons. The first-order valence-corrected chi connectivity index (χ1v) is 7.16. The second-order valence-electron chi connectivity index (χ2n) is 5.05. The fraction of sp³-hybridized carbons (Fsp3) is 0.571. The third-order valence-electron chi connectivity index (χ3n) is 3.88. The molecule has 0 aromatic heterocycles. The van der Waals surface area contributed by atoms with Gasteiger partial charge in [-0.3, -0.25) is 10.1 Å². The number of hydrogen-bond acceptors (Lipinski definition) is 3. The topological polar surface area (TPSA) is 55.2 Å². The van der Waals surface area contributed by atoms with Crippen LogP contribution in [0.1, 0.15) is 31.7 Å². The molecule has 1 aliphatic carbocycles. The molecule has 2 rings (SSSR count). The van der Waals surface area contributed by atoms with Gasteiger partial charge >= 0.3 is 0 Å². The fourth-order valence-electron chi connectivity index (χ4n) is 2.99. The third-order valence-corrected chi connectivity index (χ3v) is 4.24. The molecular weight excluding hydrogens is 264 g/mol. The lowest BCUT2D eigenvalue weighted by Crippen LogP contribution is -2.33. The summed E-state index contributed by atoms with van der Waals surface area (Å²) in [5.41, 5.74) is 0.832. The van der Waals surface area contributed by atoms with Gasteiger partial charge in [0.1, 0.15) is 0 Å². The van der Waals surface area contributed by atoms with Crippen LogP contribution in [0.4, 0.5) is 5.69 Å². The SMILES string of the molecule is CCNC1CCCC1Cc1c(Cl)cccc1[N+](=O)[O-]. The molecule has 0 amide bonds. The van der Waals surface area contributed by atoms with Crippen molar-refractivity contribution in [3.8, 4) is 0 Å². The molecule has 2 atom stereocenters. The average molecular weight is 283 g/mol. The Morgan fingerprint density at radius 1 is 1.47 bits per heavy atom. The second kappa shape index (κ2) is 6.35. The number of rotatable bonds is 5. The van der Waals surface area contributed by atoms with Gasteiger partial charge < -0.3 is 5.32 Å². The third kappa shape index (κ3) is 3.25. The molecule has 1 aromatic rings. The van der Waals surface area contributed by atoms with E-state index >= 15 is 0 Å². The van der Waals surface area contributed by atoms with Crippen LogP contribution in [0.15, 0.2) is 18.2 Å². The van der Waals surface area contributed by atoms with Crippen LogP contribution in [0.3, 0.4) is 0 Å². The zero-order chi connectivity index (χ0) is 13.8. The normalized spacial score (nSPS) is 22.6. The first-order chi connectivity index (χ1) is 9.13. The molecule has 1 fully saturated rings. The van der Waals surface area contributed by atoms with Crippen LogP contribution in [0.2, 0.25) is 5.02 Å². The van der Waals surface area contributed by atoms with Crippen molar-refractivity contribution in [2.24, 2.45) is 5.92 Å². The number of nitrogens with zero attached hydrogens (tertiary/aromatic N) is 1. The minimum Gasteiger partial charge on any atom is -0.314 e. The van der Waals surface area contributed by atoms with Crippen LogP contribution in [-0.4, -0.2) is 17.5 Å². The van der Waals surface area contributed by atoms with Crippen LogP contribution < -0.4 is 5.32 Å². The van der Waals surface area contributed by atoms with Gasteiger partial charge in [-0.1, -0.05) is 31.0 Å². The average Bonchev–Trinajstić information content (AvgIpc) is 2.79. The Morgan fingerprint density at radius 3 is 2.95 bits per heavy atom. The van der Waals surface area contributed by atoms with Gasteiger partial charge in [-0.25, -0.2) is 0 Å². The molecule has 19 heavy (non-hydrogen) atoms. The van der Waals surface area contributed by atoms with Crippen molar-refractivity contribution in [2.75, 3.05) is 6.54 Å². The van der Waals surface area contributed by atoms with Gasteiger partial charge in [0.15, 0.2) is 0 Å². The van der Waals surface area contributed by atoms with Crippen LogP contribution in [0.25, 0.3) is 0 Å². The van der Waals surface area contributed by atoms with Crippen molar-refractivity contribution in [3.05, 3.63) is 38.9 Å². The Balaban J connectivity index is 2.20. The predicted molar refractivity (Wildman–Crippen MR) is 76.6 cm³/mol. The van der Waals surface area contributed by atoms with E-state index in [-0.39, 0.29) is 10.6 Å². The van der Waals surface area contributed by atoms with Gasteiger partial charge in [-0.15, -0.1) is 0 Å². The van der Waals surface area contributed by atoms with E-state index in [9.17, 15) is 10.1 Å². The van der Waals surface area contributed by atoms with Crippen LogP contribution >= 0.6 is 11.6 Å². The van der Waals surface area contributed by atoms with Crippen LogP contribution in [-0.2, 0) is 6.42 Å². The largest absolute Gasteiger partial charge is 0.314 e. The minimum atomic E-state index is -0.335. The van der Waals surface area contributed by atoms with Gasteiger partial charge in [-0.2, -0.15) is 0 Å². The number of halogens is 1. The highest BCUT2D eigenvalue weighted by atomic mass is 35.5. The Hall–Kier alpha value is -1.13. The summed E-state index contributed by atoms with van der Waals surface area (Å²) in [6, 6.07) is 5.38. The van der Waals surface area contributed by atoms with Crippen LogP contribution in [0, 0.1) is 16.0 Å². The maximum absolute atomic E-state index is 11.1. The van der Waals surface area contributed by atoms with Crippen molar-refractivity contribution >= 4 is 17.3 Å². The predicted octanol–water partition coefficient (Wildman–Crippen LogP) is 3.57. The summed E-state index contributed by atoms with van der Waals surface area (Å²) < 4.78 is 0. The molecule has 0 aliphatic heterocycles. The molecule has 1 aromatic carbocycles. The van der Waals surface area contributed by atoms with Crippen molar-refractivity contribution in [2.45, 2.75) is 38.6 Å². The van der Waals surface area contributed by atoms with E-state index in [0.29, 0.717) is 29.0 Å². The monoisotopic (exact) mass is 282 g/mol. The summed E-state index contributed by atoms with van der Waals surface area (Å²) in [5, 5.41) is 15.1. The van der Waals surface area contributed by atoms with Gasteiger partial charge in [0, 0.05) is 17.7 Å². The van der Waals surface area contributed by atoms with E-state index in [0.717, 1.165) is 19.4 Å². The molecule has 0 heterocycles. The summed E-state index contributed by atoms with van der Waals surface area (Å²) >= 11 is 6.15. The van der Waals surface area contributed by atoms with E-state index in [1.165, 1.54) is 6.42 Å². The van der Waals surface area contributed by atoms with E-state index in [2.05, 4.69) is 12.2 Å². The number of nitrogens with one attached hydrogen (secondary N) is 1. The Bertz CT molecular complexity index is 465. The molecule has 0 saturated heterocycles. The maximum atomic E-state index is 11.1. The lowest BCUT2D eigenvalue weighted by Gasteiger charge is -2.20. The highest BCUT2D eigenvalue weighted by Gasteiger charge is 2.29. The summed E-state index contributed by atoms with van der Waals surface area (Å²) in [6.07, 6.45) is 4.13. The lowest BCUT2D eigenvalue weighted by atomic mass is 9.93. The molecule has 5 heteroatoms. The molecule has 1 aliphatic rings. The number of hydrogen-bond donors (Lipinski definition) is 1. The fourth-order valence-corrected chi connectivity index (χ4v) is 3.24. The quantitative estimate of drug-likeness (QED) is 0.663. The zero-order valence-electron chi connectivity index (χ0n) is 11.1. The number of nitro benzene ring substituents is 1. The Kier molecular flexibility index (Phi) is 4.77. The molecule has 0 radical (unpaired) electrons. The Labute approximate surface area is 118 Å². The highest BCUT2D eigenvalue weighted by molar-refractivity contribution is 6.31. The van der Waals surface area contributed by atoms with Gasteiger partial charge in [0.25, 0.3) is 5.69 Å². The van der Waals surface area contributed by atoms with E-state index in [1.54, 1.807) is 18.2 Å². The maximum Gasteiger partial charge on any atom is 0.274 e. The van der Waals surface area contributed by atoms with Crippen molar-refractivity contribution in [1.82, 2.24) is 5.32 Å². The molecule has 1 N–H and O–H groups in total. The highest BCUT2D eigenvalue weighted by Crippen LogP contribution is 2.34. The molecular formula is C14H19ClN2O2. The standard InChI is InChI=1S/C14H19ClN2O2/c1-2-16-13-7-3-5-10(13)9-11-12(15)6-4-8-14(11)17(18)19/h4,6,8,10,13,16H,2-3,5,7,9H2,1H3. The Morgan fingerprint density at radius 2 is 2.26 bits per heavy atom. The van der Waals surface area contributed by atoms with Gasteiger partial charge in [0.2, 0.25) is 0 Å². The van der Waals surface area contributed by atoms with E-state index in [4.69, 9.17) is 11.6 Å². The lowest BCUT2D eigenvalue weighted by molar-refractivity contribution is -0.385. The molecule has 0 bridgehead atoms. The first kappa shape index (κ1) is 14.3. The number of nitro groups is 1. The van der Waals surface area contributed by atoms with Crippen molar-refractivity contribution in [3.63, 3.8) is 0 Å². The van der Waals surface area contributed by atoms with Gasteiger partial charge in [-0.05, 0) is 37.8 Å². The van der Waals surface area contributed by atoms with Crippen molar-refractivity contribution in [1.29, 1.82) is 0 Å². The first-order valence-electron chi connectivity index (χ1n) is 6.78. The summed E-state index contributed by atoms with van der Waals surface area (Å²) in [7, 11) is 0. The zero-order valence-corrected chi connectivity index (χ0v) is 11.8. The summed E-state index contributed by atoms with van der Waals surface area (Å²) in [6.45, 7) is 3.03. The van der Waals surface area contributed by atoms with Gasteiger partial charge in [0.05, 0.1) is 9.95 Å². The number of benzene rings is 1. The minimum absolute atomic E-state index is 0.148. The smallest absolute Gasteiger partial charge is 0.274 e. The molecule has 0 spiro atoms. The molecule has 2 unspecified atom stereocenters. The molecule has 4 nitrogen and oxygen atoms in total. The van der Waals surface area contributed by atoms with E-state index < -0.39 is 0 Å². The summed E-state index contributed by atoms with van der Waals surface area (Å²) in [4.78, 5) is 10.8. The van der Waals surface area contributed by atoms with Crippen molar-refractivity contribution < 1.29 is 4.92 Å². The van der Waals surface area contributed by atoms with E-state index in [1.807, 2.05) is 0 Å².